The zero-order valence-corrected chi connectivity index (χ0v) is 18.0. The monoisotopic (exact) mass is 403 g/mol. The summed E-state index contributed by atoms with van der Waals surface area (Å²) in [5.41, 5.74) is 4.47. The molecule has 0 radical (unpaired) electrons. The summed E-state index contributed by atoms with van der Waals surface area (Å²) >= 11 is 1.75. The average molecular weight is 404 g/mol. The first-order valence-corrected chi connectivity index (χ1v) is 10.9. The van der Waals surface area contributed by atoms with Crippen LogP contribution in [-0.2, 0) is 7.05 Å². The molecule has 4 rings (SSSR count). The Hall–Kier alpha value is -2.92. The lowest BCUT2D eigenvalue weighted by Crippen LogP contribution is -2.05. The first-order valence-electron chi connectivity index (χ1n) is 9.68. The Bertz CT molecular complexity index is 1150. The second-order valence-electron chi connectivity index (χ2n) is 7.23. The number of aromatic nitrogens is 2. The van der Waals surface area contributed by atoms with Gasteiger partial charge in [0.15, 0.2) is 0 Å². The van der Waals surface area contributed by atoms with Gasteiger partial charge in [-0.25, -0.2) is 4.98 Å². The SMILES string of the molecule is CSc1cccc(-c2cc3c(Nc4cccc(OC(C)C)c4)nccc3n2C)c1. The zero-order valence-electron chi connectivity index (χ0n) is 17.1. The van der Waals surface area contributed by atoms with Crippen LogP contribution in [0, 0.1) is 0 Å². The lowest BCUT2D eigenvalue weighted by Gasteiger charge is -2.12. The second-order valence-corrected chi connectivity index (χ2v) is 8.11. The van der Waals surface area contributed by atoms with Gasteiger partial charge in [-0.15, -0.1) is 11.8 Å². The molecule has 2 heterocycles. The molecule has 0 saturated carbocycles. The van der Waals surface area contributed by atoms with Gasteiger partial charge in [0.25, 0.3) is 0 Å². The number of pyridine rings is 1. The topological polar surface area (TPSA) is 39.1 Å². The van der Waals surface area contributed by atoms with Crippen LogP contribution in [0.25, 0.3) is 22.2 Å². The van der Waals surface area contributed by atoms with Crippen LogP contribution in [0.1, 0.15) is 13.8 Å². The van der Waals surface area contributed by atoms with E-state index in [1.165, 1.54) is 16.2 Å². The lowest BCUT2D eigenvalue weighted by molar-refractivity contribution is 0.242. The minimum absolute atomic E-state index is 0.139. The molecule has 0 aliphatic rings. The Morgan fingerprint density at radius 2 is 1.86 bits per heavy atom. The Labute approximate surface area is 175 Å². The largest absolute Gasteiger partial charge is 0.491 e. The Kier molecular flexibility index (Phi) is 5.49. The highest BCUT2D eigenvalue weighted by molar-refractivity contribution is 7.98. The van der Waals surface area contributed by atoms with Crippen molar-refractivity contribution in [2.45, 2.75) is 24.8 Å². The summed E-state index contributed by atoms with van der Waals surface area (Å²) in [4.78, 5) is 5.86. The van der Waals surface area contributed by atoms with Gasteiger partial charge in [-0.2, -0.15) is 0 Å². The first kappa shape index (κ1) is 19.4. The minimum atomic E-state index is 0.139. The number of ether oxygens (including phenoxy) is 1. The van der Waals surface area contributed by atoms with E-state index < -0.39 is 0 Å². The molecule has 0 aliphatic heterocycles. The van der Waals surface area contributed by atoms with Gasteiger partial charge in [0.1, 0.15) is 11.6 Å². The number of hydrogen-bond acceptors (Lipinski definition) is 4. The van der Waals surface area contributed by atoms with Gasteiger partial charge in [0, 0.05) is 41.0 Å². The number of aryl methyl sites for hydroxylation is 1. The fourth-order valence-electron chi connectivity index (χ4n) is 3.48. The molecule has 1 N–H and O–H groups in total. The van der Waals surface area contributed by atoms with Crippen LogP contribution in [0.15, 0.2) is 71.8 Å². The molecule has 0 spiro atoms. The maximum absolute atomic E-state index is 5.82. The van der Waals surface area contributed by atoms with Gasteiger partial charge in [0.05, 0.1) is 11.6 Å². The Morgan fingerprint density at radius 3 is 2.66 bits per heavy atom. The van der Waals surface area contributed by atoms with E-state index in [2.05, 4.69) is 64.6 Å². The Balaban J connectivity index is 1.73. The molecule has 0 atom stereocenters. The lowest BCUT2D eigenvalue weighted by atomic mass is 10.1. The number of benzene rings is 2. The molecule has 29 heavy (non-hydrogen) atoms. The predicted molar refractivity (Wildman–Crippen MR) is 123 cm³/mol. The van der Waals surface area contributed by atoms with E-state index in [4.69, 9.17) is 4.74 Å². The van der Waals surface area contributed by atoms with E-state index in [-0.39, 0.29) is 6.10 Å². The van der Waals surface area contributed by atoms with Crippen LogP contribution in [0.5, 0.6) is 5.75 Å². The second kappa shape index (κ2) is 8.21. The zero-order chi connectivity index (χ0) is 20.4. The van der Waals surface area contributed by atoms with Gasteiger partial charge in [-0.05, 0) is 62.1 Å². The fraction of sp³-hybridized carbons (Fsp3) is 0.208. The van der Waals surface area contributed by atoms with Crippen molar-refractivity contribution in [1.29, 1.82) is 0 Å². The van der Waals surface area contributed by atoms with E-state index in [0.717, 1.165) is 28.2 Å². The van der Waals surface area contributed by atoms with E-state index in [9.17, 15) is 0 Å². The molecule has 5 heteroatoms. The summed E-state index contributed by atoms with van der Waals surface area (Å²) in [5.74, 6) is 1.69. The molecule has 4 nitrogen and oxygen atoms in total. The molecular formula is C24H25N3OS. The third-order valence-corrected chi connectivity index (χ3v) is 5.53. The van der Waals surface area contributed by atoms with Crippen molar-refractivity contribution in [3.63, 3.8) is 0 Å². The molecule has 4 aromatic rings. The van der Waals surface area contributed by atoms with Crippen LogP contribution in [0.4, 0.5) is 11.5 Å². The molecule has 0 bridgehead atoms. The summed E-state index contributed by atoms with van der Waals surface area (Å²) in [7, 11) is 2.10. The third kappa shape index (κ3) is 4.10. The highest BCUT2D eigenvalue weighted by Crippen LogP contribution is 2.33. The van der Waals surface area contributed by atoms with Gasteiger partial charge < -0.3 is 14.6 Å². The highest BCUT2D eigenvalue weighted by Gasteiger charge is 2.13. The normalized spacial score (nSPS) is 11.2. The van der Waals surface area contributed by atoms with Crippen molar-refractivity contribution in [3.05, 3.63) is 66.9 Å². The number of thioether (sulfide) groups is 1. The molecule has 0 aliphatic carbocycles. The van der Waals surface area contributed by atoms with Crippen molar-refractivity contribution in [2.75, 3.05) is 11.6 Å². The number of nitrogens with one attached hydrogen (secondary N) is 1. The molecule has 2 aromatic heterocycles. The van der Waals surface area contributed by atoms with Gasteiger partial charge in [-0.1, -0.05) is 18.2 Å². The van der Waals surface area contributed by atoms with E-state index in [1.54, 1.807) is 11.8 Å². The molecule has 0 saturated heterocycles. The van der Waals surface area contributed by atoms with Crippen LogP contribution in [-0.4, -0.2) is 21.9 Å². The number of rotatable bonds is 6. The minimum Gasteiger partial charge on any atom is -0.491 e. The number of fused-ring (bicyclic) bond motifs is 1. The van der Waals surface area contributed by atoms with Crippen molar-refractivity contribution >= 4 is 34.2 Å². The van der Waals surface area contributed by atoms with Crippen molar-refractivity contribution < 1.29 is 4.74 Å². The molecule has 2 aromatic carbocycles. The predicted octanol–water partition coefficient (Wildman–Crippen LogP) is 6.49. The van der Waals surface area contributed by atoms with Gasteiger partial charge in [-0.3, -0.25) is 0 Å². The summed E-state index contributed by atoms with van der Waals surface area (Å²) < 4.78 is 8.04. The van der Waals surface area contributed by atoms with E-state index in [0.29, 0.717) is 0 Å². The standard InChI is InChI=1S/C24H25N3OS/c1-16(2)28-19-9-6-8-18(14-19)26-24-21-15-23(27(3)22(21)11-12-25-24)17-7-5-10-20(13-17)29-4/h5-16H,1-4H3,(H,25,26). The summed E-state index contributed by atoms with van der Waals surface area (Å²) in [6.45, 7) is 4.06. The van der Waals surface area contributed by atoms with Crippen LogP contribution in [0.2, 0.25) is 0 Å². The molecule has 0 unspecified atom stereocenters. The maximum Gasteiger partial charge on any atom is 0.139 e. The van der Waals surface area contributed by atoms with E-state index in [1.807, 2.05) is 44.3 Å². The summed E-state index contributed by atoms with van der Waals surface area (Å²) in [5, 5.41) is 4.56. The molecule has 0 amide bonds. The molecule has 0 fully saturated rings. The van der Waals surface area contributed by atoms with Gasteiger partial charge in [0.2, 0.25) is 0 Å². The van der Waals surface area contributed by atoms with Crippen LogP contribution < -0.4 is 10.1 Å². The van der Waals surface area contributed by atoms with Crippen molar-refractivity contribution in [3.8, 4) is 17.0 Å². The average Bonchev–Trinajstić information content (AvgIpc) is 3.06. The summed E-state index contributed by atoms with van der Waals surface area (Å²) in [6, 6.07) is 20.9. The summed E-state index contributed by atoms with van der Waals surface area (Å²) in [6.07, 6.45) is 4.09. The quantitative estimate of drug-likeness (QED) is 0.373. The molecular weight excluding hydrogens is 378 g/mol. The van der Waals surface area contributed by atoms with E-state index >= 15 is 0 Å². The third-order valence-electron chi connectivity index (χ3n) is 4.80. The maximum atomic E-state index is 5.82. The van der Waals surface area contributed by atoms with Gasteiger partial charge >= 0.3 is 0 Å². The number of hydrogen-bond donors (Lipinski definition) is 1. The Morgan fingerprint density at radius 1 is 1.03 bits per heavy atom. The fourth-order valence-corrected chi connectivity index (χ4v) is 3.94. The number of anilines is 2. The van der Waals surface area contributed by atoms with Crippen LogP contribution >= 0.6 is 11.8 Å². The molecule has 148 valence electrons. The highest BCUT2D eigenvalue weighted by atomic mass is 32.2. The smallest absolute Gasteiger partial charge is 0.139 e. The van der Waals surface area contributed by atoms with Crippen molar-refractivity contribution in [1.82, 2.24) is 9.55 Å². The first-order chi connectivity index (χ1) is 14.0. The van der Waals surface area contributed by atoms with Crippen LogP contribution in [0.3, 0.4) is 0 Å². The number of nitrogens with zero attached hydrogens (tertiary/aromatic N) is 2. The van der Waals surface area contributed by atoms with Crippen molar-refractivity contribution in [2.24, 2.45) is 7.05 Å².